The lowest BCUT2D eigenvalue weighted by Gasteiger charge is -2.18. The molecule has 1 aliphatic heterocycles. The number of sulfone groups is 1. The van der Waals surface area contributed by atoms with Crippen LogP contribution < -0.4 is 4.90 Å². The monoisotopic (exact) mass is 286 g/mol. The van der Waals surface area contributed by atoms with E-state index in [2.05, 4.69) is 0 Å². The van der Waals surface area contributed by atoms with E-state index in [4.69, 9.17) is 0 Å². The van der Waals surface area contributed by atoms with Crippen molar-refractivity contribution < 1.29 is 18.4 Å². The summed E-state index contributed by atoms with van der Waals surface area (Å²) >= 11 is 0. The highest BCUT2D eigenvalue weighted by Gasteiger charge is 2.31. The van der Waals surface area contributed by atoms with Crippen LogP contribution in [0, 0.1) is 10.1 Å². The zero-order valence-electron chi connectivity index (χ0n) is 10.3. The molecule has 0 aromatic heterocycles. The van der Waals surface area contributed by atoms with E-state index in [-0.39, 0.29) is 17.1 Å². The van der Waals surface area contributed by atoms with E-state index < -0.39 is 26.6 Å². The highest BCUT2D eigenvalue weighted by atomic mass is 32.2. The number of hydrogen-bond donors (Lipinski definition) is 1. The van der Waals surface area contributed by atoms with Crippen LogP contribution in [0.5, 0.6) is 0 Å². The van der Waals surface area contributed by atoms with E-state index in [9.17, 15) is 23.6 Å². The number of hydrogen-bond acceptors (Lipinski definition) is 6. The molecule has 1 atom stereocenters. The quantitative estimate of drug-likeness (QED) is 0.644. The third-order valence-electron chi connectivity index (χ3n) is 3.06. The Morgan fingerprint density at radius 3 is 2.63 bits per heavy atom. The summed E-state index contributed by atoms with van der Waals surface area (Å²) < 4.78 is 23.2. The molecule has 0 saturated carbocycles. The molecule has 0 radical (unpaired) electrons. The summed E-state index contributed by atoms with van der Waals surface area (Å²) in [4.78, 5) is 11.8. The number of nitrogens with zero attached hydrogens (tertiary/aromatic N) is 2. The minimum absolute atomic E-state index is 0.240. The second kappa shape index (κ2) is 4.78. The van der Waals surface area contributed by atoms with E-state index in [1.54, 1.807) is 4.90 Å². The van der Waals surface area contributed by atoms with Crippen LogP contribution in [-0.2, 0) is 9.84 Å². The van der Waals surface area contributed by atoms with E-state index in [1.165, 1.54) is 18.2 Å². The Hall–Kier alpha value is -1.67. The fourth-order valence-electron chi connectivity index (χ4n) is 2.21. The molecular weight excluding hydrogens is 272 g/mol. The lowest BCUT2D eigenvalue weighted by Crippen LogP contribution is -2.22. The molecule has 19 heavy (non-hydrogen) atoms. The Balaban J connectivity index is 2.59. The van der Waals surface area contributed by atoms with Crippen molar-refractivity contribution in [3.63, 3.8) is 0 Å². The lowest BCUT2D eigenvalue weighted by atomic mass is 10.2. The van der Waals surface area contributed by atoms with Crippen molar-refractivity contribution in [1.29, 1.82) is 0 Å². The molecule has 2 rings (SSSR count). The summed E-state index contributed by atoms with van der Waals surface area (Å²) in [7, 11) is -3.67. The number of benzene rings is 1. The topological polar surface area (TPSA) is 101 Å². The number of nitro benzene ring substituents is 1. The van der Waals surface area contributed by atoms with Crippen LogP contribution in [0.25, 0.3) is 0 Å². The van der Waals surface area contributed by atoms with Gasteiger partial charge < -0.3 is 10.0 Å². The largest absolute Gasteiger partial charge is 0.391 e. The molecule has 7 nitrogen and oxygen atoms in total. The van der Waals surface area contributed by atoms with Gasteiger partial charge in [-0.2, -0.15) is 0 Å². The Labute approximate surface area is 110 Å². The number of para-hydroxylation sites is 1. The normalized spacial score (nSPS) is 19.7. The van der Waals surface area contributed by atoms with E-state index in [1.807, 2.05) is 0 Å². The van der Waals surface area contributed by atoms with Crippen LogP contribution in [0.4, 0.5) is 11.4 Å². The molecule has 0 bridgehead atoms. The molecule has 1 aromatic carbocycles. The predicted octanol–water partition coefficient (Wildman–Crippen LogP) is 0.569. The van der Waals surface area contributed by atoms with Gasteiger partial charge in [0.15, 0.2) is 9.84 Å². The summed E-state index contributed by atoms with van der Waals surface area (Å²) in [6.07, 6.45) is 0.916. The predicted molar refractivity (Wildman–Crippen MR) is 69.0 cm³/mol. The average Bonchev–Trinajstić information content (AvgIpc) is 2.73. The average molecular weight is 286 g/mol. The van der Waals surface area contributed by atoms with E-state index in [0.717, 1.165) is 6.26 Å². The van der Waals surface area contributed by atoms with Crippen LogP contribution in [-0.4, -0.2) is 43.9 Å². The maximum atomic E-state index is 11.6. The molecule has 0 spiro atoms. The number of aliphatic hydroxyl groups excluding tert-OH is 1. The Morgan fingerprint density at radius 1 is 1.47 bits per heavy atom. The fraction of sp³-hybridized carbons (Fsp3) is 0.455. The van der Waals surface area contributed by atoms with Gasteiger partial charge in [0.05, 0.1) is 11.0 Å². The van der Waals surface area contributed by atoms with E-state index >= 15 is 0 Å². The number of aliphatic hydroxyl groups is 1. The molecule has 8 heteroatoms. The minimum Gasteiger partial charge on any atom is -0.391 e. The van der Waals surface area contributed by atoms with Crippen LogP contribution >= 0.6 is 0 Å². The smallest absolute Gasteiger partial charge is 0.311 e. The van der Waals surface area contributed by atoms with E-state index in [0.29, 0.717) is 13.0 Å². The van der Waals surface area contributed by atoms with Gasteiger partial charge in [-0.3, -0.25) is 10.1 Å². The molecule has 1 aliphatic rings. The van der Waals surface area contributed by atoms with Gasteiger partial charge in [0.25, 0.3) is 0 Å². The van der Waals surface area contributed by atoms with Crippen molar-refractivity contribution in [2.24, 2.45) is 0 Å². The Kier molecular flexibility index (Phi) is 3.46. The van der Waals surface area contributed by atoms with Crippen LogP contribution in [0.3, 0.4) is 0 Å². The molecule has 104 valence electrons. The van der Waals surface area contributed by atoms with Gasteiger partial charge in [0, 0.05) is 19.3 Å². The van der Waals surface area contributed by atoms with Crippen molar-refractivity contribution >= 4 is 21.2 Å². The van der Waals surface area contributed by atoms with Gasteiger partial charge >= 0.3 is 5.69 Å². The molecule has 1 heterocycles. The van der Waals surface area contributed by atoms with Gasteiger partial charge in [-0.05, 0) is 18.6 Å². The van der Waals surface area contributed by atoms with Crippen LogP contribution in [0.15, 0.2) is 23.1 Å². The number of rotatable bonds is 3. The lowest BCUT2D eigenvalue weighted by molar-refractivity contribution is -0.387. The van der Waals surface area contributed by atoms with Gasteiger partial charge in [0.1, 0.15) is 10.6 Å². The highest BCUT2D eigenvalue weighted by Crippen LogP contribution is 2.36. The summed E-state index contributed by atoms with van der Waals surface area (Å²) in [6.45, 7) is 0.739. The third kappa shape index (κ3) is 2.69. The van der Waals surface area contributed by atoms with Crippen molar-refractivity contribution in [3.8, 4) is 0 Å². The highest BCUT2D eigenvalue weighted by molar-refractivity contribution is 7.90. The maximum Gasteiger partial charge on any atom is 0.311 e. The maximum absolute atomic E-state index is 11.6. The van der Waals surface area contributed by atoms with Gasteiger partial charge in [-0.25, -0.2) is 8.42 Å². The summed E-state index contributed by atoms with van der Waals surface area (Å²) in [5.41, 5.74) is -0.177. The van der Waals surface area contributed by atoms with Crippen molar-refractivity contribution in [2.75, 3.05) is 24.2 Å². The Bertz CT molecular complexity index is 614. The fourth-order valence-corrected chi connectivity index (χ4v) is 3.07. The second-order valence-electron chi connectivity index (χ2n) is 4.54. The summed E-state index contributed by atoms with van der Waals surface area (Å²) in [5.74, 6) is 0. The first kappa shape index (κ1) is 13.8. The van der Waals surface area contributed by atoms with Gasteiger partial charge in [-0.1, -0.05) is 6.07 Å². The number of β-amino-alcohol motifs (C(OH)–C–C–N with tert-alkyl or cyclic N) is 1. The zero-order valence-corrected chi connectivity index (χ0v) is 11.1. The number of nitro groups is 1. The Morgan fingerprint density at radius 2 is 2.16 bits per heavy atom. The first-order chi connectivity index (χ1) is 8.80. The summed E-state index contributed by atoms with van der Waals surface area (Å²) in [6, 6.07) is 4.21. The first-order valence-electron chi connectivity index (χ1n) is 5.71. The molecule has 1 saturated heterocycles. The molecule has 1 N–H and O–H groups in total. The molecule has 1 aromatic rings. The van der Waals surface area contributed by atoms with Crippen molar-refractivity contribution in [1.82, 2.24) is 0 Å². The van der Waals surface area contributed by atoms with Gasteiger partial charge in [-0.15, -0.1) is 0 Å². The molecular formula is C11H14N2O5S. The van der Waals surface area contributed by atoms with Crippen molar-refractivity contribution in [2.45, 2.75) is 17.4 Å². The van der Waals surface area contributed by atoms with Gasteiger partial charge in [0.2, 0.25) is 0 Å². The van der Waals surface area contributed by atoms with Crippen LogP contribution in [0.2, 0.25) is 0 Å². The second-order valence-corrected chi connectivity index (χ2v) is 6.53. The van der Waals surface area contributed by atoms with Crippen LogP contribution in [0.1, 0.15) is 6.42 Å². The molecule has 0 amide bonds. The first-order valence-corrected chi connectivity index (χ1v) is 7.60. The van der Waals surface area contributed by atoms with Crippen molar-refractivity contribution in [3.05, 3.63) is 28.3 Å². The number of anilines is 1. The SMILES string of the molecule is CS(=O)(=O)c1cccc(N2CCC(O)C2)c1[N+](=O)[O-]. The molecule has 0 aliphatic carbocycles. The molecule has 1 fully saturated rings. The minimum atomic E-state index is -3.67. The summed E-state index contributed by atoms with van der Waals surface area (Å²) in [5, 5.41) is 20.7. The standard InChI is InChI=1S/C11H14N2O5S/c1-19(17,18)10-4-2-3-9(11(10)13(15)16)12-6-5-8(14)7-12/h2-4,8,14H,5-7H2,1H3. The third-order valence-corrected chi connectivity index (χ3v) is 4.19. The zero-order chi connectivity index (χ0) is 14.2. The molecule has 1 unspecified atom stereocenters.